The van der Waals surface area contributed by atoms with E-state index in [0.29, 0.717) is 0 Å². The first kappa shape index (κ1) is 8.97. The number of methoxy groups -OCH3 is 1. The molecule has 2 heterocycles. The number of esters is 1. The molecular weight excluding hydrogens is 170 g/mol. The minimum atomic E-state index is -0.286. The Bertz CT molecular complexity index is 219. The molecule has 0 aromatic carbocycles. The van der Waals surface area contributed by atoms with Gasteiger partial charge < -0.3 is 15.2 Å². The second-order valence-electron chi connectivity index (χ2n) is 3.89. The zero-order valence-electron chi connectivity index (χ0n) is 7.69. The van der Waals surface area contributed by atoms with Crippen molar-refractivity contribution in [2.45, 2.75) is 37.5 Å². The first-order chi connectivity index (χ1) is 6.22. The second-order valence-corrected chi connectivity index (χ2v) is 3.89. The van der Waals surface area contributed by atoms with Gasteiger partial charge in [0, 0.05) is 12.1 Å². The summed E-state index contributed by atoms with van der Waals surface area (Å²) in [5.41, 5.74) is 0. The maximum atomic E-state index is 11.3. The monoisotopic (exact) mass is 185 g/mol. The van der Waals surface area contributed by atoms with Gasteiger partial charge >= 0.3 is 5.97 Å². The molecule has 2 rings (SSSR count). The van der Waals surface area contributed by atoms with Crippen LogP contribution in [0.2, 0.25) is 0 Å². The van der Waals surface area contributed by atoms with Gasteiger partial charge in [-0.2, -0.15) is 0 Å². The van der Waals surface area contributed by atoms with Gasteiger partial charge in [-0.3, -0.25) is 4.79 Å². The van der Waals surface area contributed by atoms with Crippen molar-refractivity contribution in [2.24, 2.45) is 5.92 Å². The van der Waals surface area contributed by atoms with E-state index in [4.69, 9.17) is 4.74 Å². The quantitative estimate of drug-likeness (QED) is 0.549. The maximum absolute atomic E-state index is 11.3. The normalized spacial score (nSPS) is 43.2. The third-order valence-electron chi connectivity index (χ3n) is 3.16. The molecule has 4 nitrogen and oxygen atoms in total. The molecule has 0 unspecified atom stereocenters. The fourth-order valence-corrected chi connectivity index (χ4v) is 2.41. The topological polar surface area (TPSA) is 58.6 Å². The van der Waals surface area contributed by atoms with E-state index in [1.165, 1.54) is 7.11 Å². The Hall–Kier alpha value is -0.610. The molecule has 4 heteroatoms. The minimum Gasteiger partial charge on any atom is -0.469 e. The zero-order valence-corrected chi connectivity index (χ0v) is 7.69. The Balaban J connectivity index is 2.06. The maximum Gasteiger partial charge on any atom is 0.310 e. The van der Waals surface area contributed by atoms with Crippen LogP contribution in [0.25, 0.3) is 0 Å². The number of aliphatic hydroxyl groups excluding tert-OH is 1. The van der Waals surface area contributed by atoms with Gasteiger partial charge in [0.05, 0.1) is 19.1 Å². The summed E-state index contributed by atoms with van der Waals surface area (Å²) in [5.74, 6) is -0.193. The van der Waals surface area contributed by atoms with Crippen molar-refractivity contribution in [3.8, 4) is 0 Å². The predicted octanol–water partition coefficient (Wildman–Crippen LogP) is -0.339. The number of ether oxygens (including phenoxy) is 1. The lowest BCUT2D eigenvalue weighted by atomic mass is 9.99. The molecule has 0 amide bonds. The average molecular weight is 185 g/mol. The molecular formula is C9H15NO3. The van der Waals surface area contributed by atoms with Crippen LogP contribution in [0, 0.1) is 5.92 Å². The number of carbonyl (C=O) groups excluding carboxylic acids is 1. The van der Waals surface area contributed by atoms with Crippen molar-refractivity contribution < 1.29 is 14.6 Å². The Morgan fingerprint density at radius 2 is 2.23 bits per heavy atom. The smallest absolute Gasteiger partial charge is 0.310 e. The number of hydrogen-bond acceptors (Lipinski definition) is 4. The van der Waals surface area contributed by atoms with Crippen LogP contribution in [0.5, 0.6) is 0 Å². The van der Waals surface area contributed by atoms with Crippen LogP contribution < -0.4 is 5.32 Å². The number of hydrogen-bond donors (Lipinski definition) is 2. The molecule has 2 fully saturated rings. The van der Waals surface area contributed by atoms with Crippen molar-refractivity contribution >= 4 is 5.97 Å². The van der Waals surface area contributed by atoms with Crippen LogP contribution in [0.4, 0.5) is 0 Å². The molecule has 2 aliphatic heterocycles. The highest BCUT2D eigenvalue weighted by Crippen LogP contribution is 2.32. The third kappa shape index (κ3) is 1.44. The molecule has 13 heavy (non-hydrogen) atoms. The van der Waals surface area contributed by atoms with Crippen molar-refractivity contribution in [3.63, 3.8) is 0 Å². The van der Waals surface area contributed by atoms with Crippen molar-refractivity contribution in [1.82, 2.24) is 5.32 Å². The molecule has 0 saturated carbocycles. The summed E-state index contributed by atoms with van der Waals surface area (Å²) < 4.78 is 4.72. The summed E-state index contributed by atoms with van der Waals surface area (Å²) in [6, 6.07) is 0.323. The van der Waals surface area contributed by atoms with E-state index < -0.39 is 0 Å². The van der Waals surface area contributed by atoms with Crippen LogP contribution in [0.3, 0.4) is 0 Å². The lowest BCUT2D eigenvalue weighted by Gasteiger charge is -2.26. The predicted molar refractivity (Wildman–Crippen MR) is 46.1 cm³/mol. The van der Waals surface area contributed by atoms with E-state index in [2.05, 4.69) is 5.32 Å². The fraction of sp³-hybridized carbons (Fsp3) is 0.889. The highest BCUT2D eigenvalue weighted by Gasteiger charge is 2.44. The second kappa shape index (κ2) is 3.27. The molecule has 0 aromatic rings. The Morgan fingerprint density at radius 1 is 1.46 bits per heavy atom. The number of fused-ring (bicyclic) bond motifs is 2. The van der Waals surface area contributed by atoms with Crippen LogP contribution in [-0.2, 0) is 9.53 Å². The van der Waals surface area contributed by atoms with Crippen LogP contribution in [-0.4, -0.2) is 36.4 Å². The van der Waals surface area contributed by atoms with Gasteiger partial charge in [-0.05, 0) is 19.3 Å². The molecule has 2 N–H and O–H groups in total. The summed E-state index contributed by atoms with van der Waals surface area (Å²) in [7, 11) is 1.42. The first-order valence-corrected chi connectivity index (χ1v) is 4.74. The van der Waals surface area contributed by atoms with E-state index in [1.807, 2.05) is 0 Å². The first-order valence-electron chi connectivity index (χ1n) is 4.74. The molecule has 0 spiro atoms. The Kier molecular flexibility index (Phi) is 2.26. The number of rotatable bonds is 1. The van der Waals surface area contributed by atoms with Crippen LogP contribution >= 0.6 is 0 Å². The van der Waals surface area contributed by atoms with Crippen molar-refractivity contribution in [3.05, 3.63) is 0 Å². The Morgan fingerprint density at radius 3 is 2.85 bits per heavy atom. The van der Waals surface area contributed by atoms with E-state index >= 15 is 0 Å². The number of piperidine rings is 1. The number of aliphatic hydroxyl groups is 1. The van der Waals surface area contributed by atoms with Gasteiger partial charge in [0.15, 0.2) is 0 Å². The zero-order chi connectivity index (χ0) is 9.42. The van der Waals surface area contributed by atoms with Gasteiger partial charge in [0.2, 0.25) is 0 Å². The SMILES string of the molecule is COC(=O)[C@H]1C[C@H]2N[C@@H]1CC[C@@H]2O. The summed E-state index contributed by atoms with van der Waals surface area (Å²) in [6.07, 6.45) is 2.11. The van der Waals surface area contributed by atoms with Gasteiger partial charge in [-0.15, -0.1) is 0 Å². The largest absolute Gasteiger partial charge is 0.469 e. The molecule has 0 aromatic heterocycles. The van der Waals surface area contributed by atoms with E-state index in [9.17, 15) is 9.90 Å². The average Bonchev–Trinajstić information content (AvgIpc) is 2.50. The number of nitrogens with one attached hydrogen (secondary N) is 1. The molecule has 74 valence electrons. The van der Waals surface area contributed by atoms with Gasteiger partial charge in [0.1, 0.15) is 0 Å². The van der Waals surface area contributed by atoms with Crippen LogP contribution in [0.1, 0.15) is 19.3 Å². The summed E-state index contributed by atoms with van der Waals surface area (Å²) in [5, 5.41) is 12.8. The van der Waals surface area contributed by atoms with Gasteiger partial charge in [-0.1, -0.05) is 0 Å². The highest BCUT2D eigenvalue weighted by atomic mass is 16.5. The van der Waals surface area contributed by atoms with Crippen molar-refractivity contribution in [2.75, 3.05) is 7.11 Å². The summed E-state index contributed by atoms with van der Waals surface area (Å²) in [6.45, 7) is 0. The summed E-state index contributed by atoms with van der Waals surface area (Å²) >= 11 is 0. The van der Waals surface area contributed by atoms with Crippen molar-refractivity contribution in [1.29, 1.82) is 0 Å². The van der Waals surface area contributed by atoms with Gasteiger partial charge in [-0.25, -0.2) is 0 Å². The number of carbonyl (C=O) groups is 1. The fourth-order valence-electron chi connectivity index (χ4n) is 2.41. The molecule has 2 bridgehead atoms. The minimum absolute atomic E-state index is 0.0489. The standard InChI is InChI=1S/C9H15NO3/c1-13-9(12)5-4-7-8(11)3-2-6(5)10-7/h5-8,10-11H,2-4H2,1H3/t5-,6+,7+,8-/m0/s1. The lowest BCUT2D eigenvalue weighted by molar-refractivity contribution is -0.145. The molecule has 0 aliphatic carbocycles. The molecule has 2 aliphatic rings. The molecule has 2 saturated heterocycles. The van der Waals surface area contributed by atoms with E-state index in [0.717, 1.165) is 19.3 Å². The van der Waals surface area contributed by atoms with Gasteiger partial charge in [0.25, 0.3) is 0 Å². The molecule has 4 atom stereocenters. The molecule has 0 radical (unpaired) electrons. The lowest BCUT2D eigenvalue weighted by Crippen LogP contribution is -2.44. The summed E-state index contributed by atoms with van der Waals surface area (Å²) in [4.78, 5) is 11.3. The third-order valence-corrected chi connectivity index (χ3v) is 3.16. The highest BCUT2D eigenvalue weighted by molar-refractivity contribution is 5.73. The van der Waals surface area contributed by atoms with Crippen LogP contribution in [0.15, 0.2) is 0 Å². The van der Waals surface area contributed by atoms with E-state index in [-0.39, 0.29) is 30.1 Å². The van der Waals surface area contributed by atoms with E-state index in [1.54, 1.807) is 0 Å². The Labute approximate surface area is 77.3 Å².